The normalized spacial score (nSPS) is 11.8. The summed E-state index contributed by atoms with van der Waals surface area (Å²) < 4.78 is 0. The highest BCUT2D eigenvalue weighted by Crippen LogP contribution is 2.27. The van der Waals surface area contributed by atoms with Crippen LogP contribution in [0, 0.1) is 0 Å². The third-order valence-electron chi connectivity index (χ3n) is 4.72. The molecule has 27 heavy (non-hydrogen) atoms. The Hall–Kier alpha value is -2.52. The van der Waals surface area contributed by atoms with E-state index < -0.39 is 0 Å². The van der Waals surface area contributed by atoms with Gasteiger partial charge in [0.15, 0.2) is 0 Å². The van der Waals surface area contributed by atoms with Gasteiger partial charge in [-0.05, 0) is 47.7 Å². The molecule has 0 aromatic heterocycles. The second-order valence-electron chi connectivity index (χ2n) is 6.66. The van der Waals surface area contributed by atoms with Gasteiger partial charge in [0.1, 0.15) is 0 Å². The number of anilines is 1. The summed E-state index contributed by atoms with van der Waals surface area (Å²) in [6, 6.07) is 26.3. The van der Waals surface area contributed by atoms with Gasteiger partial charge in [0, 0.05) is 16.3 Å². The van der Waals surface area contributed by atoms with E-state index in [-0.39, 0.29) is 5.91 Å². The van der Waals surface area contributed by atoms with E-state index in [4.69, 9.17) is 0 Å². The number of amides is 1. The smallest absolute Gasteiger partial charge is 0.256 e. The largest absolute Gasteiger partial charge is 0.322 e. The first-order valence-electron chi connectivity index (χ1n) is 9.34. The highest BCUT2D eigenvalue weighted by molar-refractivity contribution is 7.98. The molecule has 3 heteroatoms. The van der Waals surface area contributed by atoms with Crippen LogP contribution in [0.5, 0.6) is 0 Å². The van der Waals surface area contributed by atoms with Crippen molar-refractivity contribution >= 4 is 23.4 Å². The molecule has 1 N–H and O–H groups in total. The second-order valence-corrected chi connectivity index (χ2v) is 7.67. The zero-order chi connectivity index (χ0) is 19.1. The Labute approximate surface area is 166 Å². The van der Waals surface area contributed by atoms with Gasteiger partial charge in [0.25, 0.3) is 5.91 Å². The molecule has 0 fully saturated rings. The van der Waals surface area contributed by atoms with E-state index in [1.807, 2.05) is 54.6 Å². The fourth-order valence-corrected chi connectivity index (χ4v) is 3.85. The molecule has 0 spiro atoms. The highest BCUT2D eigenvalue weighted by Gasteiger charge is 2.12. The predicted molar refractivity (Wildman–Crippen MR) is 116 cm³/mol. The maximum atomic E-state index is 12.8. The summed E-state index contributed by atoms with van der Waals surface area (Å²) in [6.07, 6.45) is 1.11. The first-order valence-corrected chi connectivity index (χ1v) is 10.3. The van der Waals surface area contributed by atoms with E-state index in [9.17, 15) is 4.79 Å². The van der Waals surface area contributed by atoms with Crippen LogP contribution in [-0.4, -0.2) is 5.91 Å². The average Bonchev–Trinajstić information content (AvgIpc) is 2.73. The number of carbonyl (C=O) groups is 1. The molecule has 0 saturated carbocycles. The number of rotatable bonds is 7. The van der Waals surface area contributed by atoms with Gasteiger partial charge in [-0.2, -0.15) is 0 Å². The third kappa shape index (κ3) is 5.24. The van der Waals surface area contributed by atoms with Gasteiger partial charge < -0.3 is 5.32 Å². The average molecular weight is 376 g/mol. The summed E-state index contributed by atoms with van der Waals surface area (Å²) in [5.74, 6) is 1.31. The number of nitrogens with one attached hydrogen (secondary N) is 1. The summed E-state index contributed by atoms with van der Waals surface area (Å²) in [6.45, 7) is 4.40. The molecular weight excluding hydrogens is 350 g/mol. The van der Waals surface area contributed by atoms with Crippen LogP contribution in [0.3, 0.4) is 0 Å². The number of thioether (sulfide) groups is 1. The van der Waals surface area contributed by atoms with E-state index in [0.29, 0.717) is 11.5 Å². The van der Waals surface area contributed by atoms with Gasteiger partial charge >= 0.3 is 0 Å². The van der Waals surface area contributed by atoms with Crippen LogP contribution in [0.1, 0.15) is 47.7 Å². The minimum absolute atomic E-state index is 0.0672. The zero-order valence-electron chi connectivity index (χ0n) is 15.8. The fourth-order valence-electron chi connectivity index (χ4n) is 2.84. The molecule has 0 aliphatic rings. The number of benzene rings is 3. The van der Waals surface area contributed by atoms with Crippen molar-refractivity contribution in [2.24, 2.45) is 0 Å². The Balaban J connectivity index is 1.69. The third-order valence-corrected chi connectivity index (χ3v) is 5.86. The lowest BCUT2D eigenvalue weighted by molar-refractivity contribution is 0.102. The van der Waals surface area contributed by atoms with Crippen molar-refractivity contribution in [1.82, 2.24) is 0 Å². The molecule has 1 amide bonds. The molecule has 0 heterocycles. The van der Waals surface area contributed by atoms with E-state index in [2.05, 4.69) is 43.4 Å². The van der Waals surface area contributed by atoms with Crippen LogP contribution in [-0.2, 0) is 5.75 Å². The first-order chi connectivity index (χ1) is 13.2. The Kier molecular flexibility index (Phi) is 6.72. The van der Waals surface area contributed by atoms with Gasteiger partial charge in [0.05, 0.1) is 5.56 Å². The minimum Gasteiger partial charge on any atom is -0.322 e. The lowest BCUT2D eigenvalue weighted by Crippen LogP contribution is -2.13. The van der Waals surface area contributed by atoms with Gasteiger partial charge in [0.2, 0.25) is 0 Å². The van der Waals surface area contributed by atoms with Gasteiger partial charge in [-0.15, -0.1) is 11.8 Å². The molecule has 138 valence electrons. The monoisotopic (exact) mass is 375 g/mol. The topological polar surface area (TPSA) is 29.1 Å². The first kappa shape index (κ1) is 19.2. The maximum absolute atomic E-state index is 12.8. The van der Waals surface area contributed by atoms with Crippen molar-refractivity contribution in [1.29, 1.82) is 0 Å². The van der Waals surface area contributed by atoms with Crippen molar-refractivity contribution in [3.63, 3.8) is 0 Å². The maximum Gasteiger partial charge on any atom is 0.256 e. The quantitative estimate of drug-likeness (QED) is 0.463. The van der Waals surface area contributed by atoms with Crippen LogP contribution in [0.25, 0.3) is 0 Å². The lowest BCUT2D eigenvalue weighted by Gasteiger charge is -2.12. The minimum atomic E-state index is -0.0672. The number of hydrogen-bond acceptors (Lipinski definition) is 2. The van der Waals surface area contributed by atoms with E-state index in [1.54, 1.807) is 11.8 Å². The summed E-state index contributed by atoms with van der Waals surface area (Å²) in [5.41, 5.74) is 4.09. The zero-order valence-corrected chi connectivity index (χ0v) is 16.6. The summed E-state index contributed by atoms with van der Waals surface area (Å²) in [4.78, 5) is 13.8. The SMILES string of the molecule is CC[C@H](C)c1ccc(NC(=O)c2ccccc2SCc2ccccc2)cc1. The van der Waals surface area contributed by atoms with Crippen LogP contribution in [0.4, 0.5) is 5.69 Å². The van der Waals surface area contributed by atoms with Crippen molar-refractivity contribution in [3.05, 3.63) is 95.6 Å². The number of hydrogen-bond donors (Lipinski definition) is 1. The molecule has 3 aromatic carbocycles. The lowest BCUT2D eigenvalue weighted by atomic mass is 9.98. The van der Waals surface area contributed by atoms with Gasteiger partial charge in [-0.1, -0.05) is 68.4 Å². The molecule has 2 nitrogen and oxygen atoms in total. The molecule has 0 saturated heterocycles. The molecule has 0 aliphatic heterocycles. The predicted octanol–water partition coefficient (Wildman–Crippen LogP) is 6.74. The molecular formula is C24H25NOS. The summed E-state index contributed by atoms with van der Waals surface area (Å²) in [7, 11) is 0. The standard InChI is InChI=1S/C24H25NOS/c1-3-18(2)20-13-15-21(16-14-20)25-24(26)22-11-7-8-12-23(22)27-17-19-9-5-4-6-10-19/h4-16,18H,3,17H2,1-2H3,(H,25,26)/t18-/m0/s1. The molecule has 0 bridgehead atoms. The Morgan fingerprint density at radius 1 is 0.926 bits per heavy atom. The summed E-state index contributed by atoms with van der Waals surface area (Å²) >= 11 is 1.69. The van der Waals surface area contributed by atoms with E-state index in [1.165, 1.54) is 11.1 Å². The van der Waals surface area contributed by atoms with Gasteiger partial charge in [-0.3, -0.25) is 4.79 Å². The van der Waals surface area contributed by atoms with Crippen molar-refractivity contribution in [2.75, 3.05) is 5.32 Å². The molecule has 3 rings (SSSR count). The second kappa shape index (κ2) is 9.43. The van der Waals surface area contributed by atoms with Crippen molar-refractivity contribution < 1.29 is 4.79 Å². The highest BCUT2D eigenvalue weighted by atomic mass is 32.2. The van der Waals surface area contributed by atoms with Gasteiger partial charge in [-0.25, -0.2) is 0 Å². The summed E-state index contributed by atoms with van der Waals surface area (Å²) in [5, 5.41) is 3.03. The van der Waals surface area contributed by atoms with Crippen LogP contribution < -0.4 is 5.32 Å². The molecule has 3 aromatic rings. The molecule has 0 unspecified atom stereocenters. The number of carbonyl (C=O) groups excluding carboxylic acids is 1. The Bertz CT molecular complexity index is 874. The Morgan fingerprint density at radius 3 is 2.30 bits per heavy atom. The van der Waals surface area contributed by atoms with Crippen LogP contribution in [0.15, 0.2) is 83.8 Å². The molecule has 1 atom stereocenters. The van der Waals surface area contributed by atoms with E-state index >= 15 is 0 Å². The molecule has 0 radical (unpaired) electrons. The fraction of sp³-hybridized carbons (Fsp3) is 0.208. The Morgan fingerprint density at radius 2 is 1.59 bits per heavy atom. The van der Waals surface area contributed by atoms with Crippen LogP contribution >= 0.6 is 11.8 Å². The van der Waals surface area contributed by atoms with Crippen molar-refractivity contribution in [3.8, 4) is 0 Å². The van der Waals surface area contributed by atoms with Crippen LogP contribution in [0.2, 0.25) is 0 Å². The van der Waals surface area contributed by atoms with Crippen molar-refractivity contribution in [2.45, 2.75) is 36.8 Å². The molecule has 0 aliphatic carbocycles. The van der Waals surface area contributed by atoms with E-state index in [0.717, 1.165) is 22.8 Å².